The third-order valence-electron chi connectivity index (χ3n) is 5.13. The van der Waals surface area contributed by atoms with Crippen LogP contribution in [-0.4, -0.2) is 34.1 Å². The van der Waals surface area contributed by atoms with E-state index < -0.39 is 20.2 Å². The molecule has 168 valence electrons. The van der Waals surface area contributed by atoms with Gasteiger partial charge in [0, 0.05) is 13.0 Å². The van der Waals surface area contributed by atoms with Crippen molar-refractivity contribution in [2.24, 2.45) is 0 Å². The highest BCUT2D eigenvalue weighted by Crippen LogP contribution is 2.37. The Labute approximate surface area is 186 Å². The minimum absolute atomic E-state index is 0.0124. The maximum atomic E-state index is 12.3. The van der Waals surface area contributed by atoms with Gasteiger partial charge in [-0.3, -0.25) is 0 Å². The van der Waals surface area contributed by atoms with Crippen molar-refractivity contribution < 1.29 is 23.8 Å². The highest BCUT2D eigenvalue weighted by molar-refractivity contribution is 6.99. The van der Waals surface area contributed by atoms with Gasteiger partial charge in [0.25, 0.3) is 8.32 Å². The van der Waals surface area contributed by atoms with Crippen molar-refractivity contribution in [1.82, 2.24) is 0 Å². The topological polar surface area (TPSA) is 67.8 Å². The molecular weight excluding hydrogens is 408 g/mol. The van der Waals surface area contributed by atoms with Gasteiger partial charge in [-0.1, -0.05) is 88.4 Å². The van der Waals surface area contributed by atoms with Crippen LogP contribution in [-0.2, 0) is 18.7 Å². The molecule has 0 bridgehead atoms. The van der Waals surface area contributed by atoms with Gasteiger partial charge in [-0.2, -0.15) is 0 Å². The summed E-state index contributed by atoms with van der Waals surface area (Å²) in [5.41, 5.74) is -0.0124. The Kier molecular flexibility index (Phi) is 8.89. The number of benzene rings is 2. The fourth-order valence-electron chi connectivity index (χ4n) is 3.79. The van der Waals surface area contributed by atoms with Crippen molar-refractivity contribution in [2.45, 2.75) is 46.1 Å². The largest absolute Gasteiger partial charge is 0.613 e. The van der Waals surface area contributed by atoms with E-state index in [0.717, 1.165) is 10.4 Å². The van der Waals surface area contributed by atoms with E-state index in [4.69, 9.17) is 13.9 Å². The summed E-state index contributed by atoms with van der Waals surface area (Å²) in [6, 6.07) is 20.5. The molecule has 0 radical (unpaired) electrons. The van der Waals surface area contributed by atoms with E-state index in [2.05, 4.69) is 45.0 Å². The van der Waals surface area contributed by atoms with E-state index in [9.17, 15) is 9.90 Å². The van der Waals surface area contributed by atoms with Gasteiger partial charge in [0.1, 0.15) is 0 Å². The molecule has 2 rings (SSSR count). The fraction of sp³-hybridized carbons (Fsp3) is 0.400. The van der Waals surface area contributed by atoms with E-state index in [-0.39, 0.29) is 36.9 Å². The molecule has 0 aromatic heterocycles. The first-order valence-corrected chi connectivity index (χ1v) is 12.6. The summed E-state index contributed by atoms with van der Waals surface area (Å²) in [6.45, 7) is 10.6. The van der Waals surface area contributed by atoms with Crippen molar-refractivity contribution in [3.63, 3.8) is 0 Å². The molecule has 0 fully saturated rings. The van der Waals surface area contributed by atoms with E-state index in [1.165, 1.54) is 0 Å². The first-order valence-electron chi connectivity index (χ1n) is 10.7. The second-order valence-corrected chi connectivity index (χ2v) is 12.5. The van der Waals surface area contributed by atoms with Crippen molar-refractivity contribution in [3.05, 3.63) is 72.2 Å². The molecule has 0 aliphatic heterocycles. The molecule has 0 N–H and O–H groups in total. The van der Waals surface area contributed by atoms with Gasteiger partial charge in [-0.15, -0.1) is 0 Å². The molecule has 0 aliphatic carbocycles. The highest BCUT2D eigenvalue weighted by Gasteiger charge is 2.50. The number of hydrogen-bond donors (Lipinski definition) is 0. The van der Waals surface area contributed by atoms with Crippen LogP contribution in [0.1, 0.15) is 41.0 Å². The van der Waals surface area contributed by atoms with Crippen LogP contribution >= 0.6 is 0 Å². The standard InChI is InChI=1S/C25H34O5Si/c1-6-28-23(26)22(24(27)29-7-2)18-19-30-31(25(3,4)5,20-14-10-8-11-15-20)21-16-12-9-13-17-21/h8-17,26H,6-7,18-19H2,1-5H3/p-1/b23-22+. The van der Waals surface area contributed by atoms with Crippen LogP contribution in [0.25, 0.3) is 0 Å². The zero-order chi connectivity index (χ0) is 22.9. The summed E-state index contributed by atoms with van der Waals surface area (Å²) in [6.07, 6.45) is 0.127. The lowest BCUT2D eigenvalue weighted by Crippen LogP contribution is -2.66. The van der Waals surface area contributed by atoms with E-state index in [0.29, 0.717) is 0 Å². The number of rotatable bonds is 10. The third-order valence-corrected chi connectivity index (χ3v) is 10.2. The zero-order valence-electron chi connectivity index (χ0n) is 19.1. The Balaban J connectivity index is 2.45. The van der Waals surface area contributed by atoms with Crippen LogP contribution in [0.4, 0.5) is 0 Å². The number of hydrogen-bond acceptors (Lipinski definition) is 5. The van der Waals surface area contributed by atoms with Crippen LogP contribution in [0.3, 0.4) is 0 Å². The maximum Gasteiger partial charge on any atom is 0.335 e. The molecule has 0 heterocycles. The first kappa shape index (κ1) is 24.7. The molecule has 0 atom stereocenters. The number of ether oxygens (including phenoxy) is 2. The van der Waals surface area contributed by atoms with Crippen molar-refractivity contribution >= 4 is 24.7 Å². The first-order chi connectivity index (χ1) is 14.8. The van der Waals surface area contributed by atoms with Crippen LogP contribution in [0.15, 0.2) is 72.2 Å². The molecule has 31 heavy (non-hydrogen) atoms. The Morgan fingerprint density at radius 1 is 0.871 bits per heavy atom. The monoisotopic (exact) mass is 441 g/mol. The number of carbonyl (C=O) groups excluding carboxylic acids is 1. The minimum atomic E-state index is -2.74. The van der Waals surface area contributed by atoms with Crippen molar-refractivity contribution in [2.75, 3.05) is 19.8 Å². The summed E-state index contributed by atoms with van der Waals surface area (Å²) in [7, 11) is -2.74. The smallest absolute Gasteiger partial charge is 0.335 e. The van der Waals surface area contributed by atoms with Crippen LogP contribution in [0.5, 0.6) is 0 Å². The van der Waals surface area contributed by atoms with Gasteiger partial charge in [0.15, 0.2) is 0 Å². The average molecular weight is 442 g/mol. The summed E-state index contributed by atoms with van der Waals surface area (Å²) in [4.78, 5) is 12.3. The minimum Gasteiger partial charge on any atom is -0.613 e. The molecule has 0 spiro atoms. The molecule has 0 unspecified atom stereocenters. The van der Waals surface area contributed by atoms with Gasteiger partial charge >= 0.3 is 5.97 Å². The SMILES string of the molecule is CCOC(=O)/C(CCO[Si](c1ccccc1)(c1ccccc1)C(C)(C)C)=C(\[O-])OCC. The molecule has 2 aromatic carbocycles. The van der Waals surface area contributed by atoms with Gasteiger partial charge in [-0.05, 0) is 28.9 Å². The molecule has 0 saturated heterocycles. The Hall–Kier alpha value is -2.57. The summed E-state index contributed by atoms with van der Waals surface area (Å²) in [5, 5.41) is 14.4. The normalized spacial score (nSPS) is 12.8. The number of esters is 1. The molecule has 0 amide bonds. The van der Waals surface area contributed by atoms with Crippen molar-refractivity contribution in [3.8, 4) is 0 Å². The van der Waals surface area contributed by atoms with Crippen LogP contribution in [0.2, 0.25) is 5.04 Å². The molecule has 2 aromatic rings. The van der Waals surface area contributed by atoms with Crippen molar-refractivity contribution in [1.29, 1.82) is 0 Å². The van der Waals surface area contributed by atoms with Gasteiger partial charge in [0.2, 0.25) is 0 Å². The van der Waals surface area contributed by atoms with Gasteiger partial charge in [-0.25, -0.2) is 4.79 Å². The van der Waals surface area contributed by atoms with E-state index in [1.54, 1.807) is 13.8 Å². The van der Waals surface area contributed by atoms with Gasteiger partial charge < -0.3 is 19.0 Å². The Morgan fingerprint density at radius 2 is 1.35 bits per heavy atom. The Bertz CT molecular complexity index is 817. The van der Waals surface area contributed by atoms with E-state index in [1.807, 2.05) is 36.4 Å². The molecule has 0 saturated carbocycles. The second-order valence-electron chi connectivity index (χ2n) is 8.18. The number of carbonyl (C=O) groups is 1. The Morgan fingerprint density at radius 3 is 1.77 bits per heavy atom. The maximum absolute atomic E-state index is 12.3. The van der Waals surface area contributed by atoms with Crippen LogP contribution < -0.4 is 15.5 Å². The second kappa shape index (κ2) is 11.2. The lowest BCUT2D eigenvalue weighted by atomic mass is 10.2. The predicted octanol–water partition coefficient (Wildman–Crippen LogP) is 3.12. The summed E-state index contributed by atoms with van der Waals surface area (Å²) < 4.78 is 16.9. The molecule has 5 nitrogen and oxygen atoms in total. The highest BCUT2D eigenvalue weighted by atomic mass is 28.4. The third kappa shape index (κ3) is 5.77. The molecule has 6 heteroatoms. The lowest BCUT2D eigenvalue weighted by molar-refractivity contribution is -0.358. The molecular formula is C25H33O5Si-. The predicted molar refractivity (Wildman–Crippen MR) is 123 cm³/mol. The molecule has 0 aliphatic rings. The summed E-state index contributed by atoms with van der Waals surface area (Å²) >= 11 is 0. The van der Waals surface area contributed by atoms with E-state index >= 15 is 0 Å². The summed E-state index contributed by atoms with van der Waals surface area (Å²) in [5.74, 6) is -1.29. The zero-order valence-corrected chi connectivity index (χ0v) is 20.1. The fourth-order valence-corrected chi connectivity index (χ4v) is 8.36. The van der Waals surface area contributed by atoms with Gasteiger partial charge in [0.05, 0.1) is 18.1 Å². The average Bonchev–Trinajstić information content (AvgIpc) is 2.74. The quantitative estimate of drug-likeness (QED) is 0.245. The lowest BCUT2D eigenvalue weighted by Gasteiger charge is -2.43. The van der Waals surface area contributed by atoms with Crippen LogP contribution in [0, 0.1) is 0 Å².